The number of rotatable bonds is 7. The van der Waals surface area contributed by atoms with Crippen LogP contribution in [0.4, 0.5) is 0 Å². The molecule has 4 heteroatoms. The predicted octanol–water partition coefficient (Wildman–Crippen LogP) is 3.85. The van der Waals surface area contributed by atoms with E-state index in [4.69, 9.17) is 4.74 Å². The number of thiazole rings is 1. The van der Waals surface area contributed by atoms with Crippen molar-refractivity contribution in [2.24, 2.45) is 0 Å². The lowest BCUT2D eigenvalue weighted by Gasteiger charge is -2.04. The van der Waals surface area contributed by atoms with Crippen LogP contribution in [0.2, 0.25) is 0 Å². The van der Waals surface area contributed by atoms with Gasteiger partial charge in [0.25, 0.3) is 0 Å². The third-order valence-electron chi connectivity index (χ3n) is 3.27. The summed E-state index contributed by atoms with van der Waals surface area (Å²) in [5, 5.41) is 4.60. The fraction of sp³-hybridized carbons (Fsp3) is 0.438. The fourth-order valence-electron chi connectivity index (χ4n) is 1.97. The highest BCUT2D eigenvalue weighted by Crippen LogP contribution is 2.27. The third-order valence-corrected chi connectivity index (χ3v) is 4.32. The van der Waals surface area contributed by atoms with Crippen LogP contribution < -0.4 is 10.1 Å². The second-order valence-electron chi connectivity index (χ2n) is 5.16. The molecule has 1 aliphatic rings. The highest BCUT2D eigenvalue weighted by molar-refractivity contribution is 7.15. The van der Waals surface area contributed by atoms with Crippen molar-refractivity contribution in [3.05, 3.63) is 35.3 Å². The maximum absolute atomic E-state index is 5.60. The number of aromatic nitrogens is 1. The van der Waals surface area contributed by atoms with Gasteiger partial charge in [-0.25, -0.2) is 4.98 Å². The molecule has 0 spiro atoms. The Bertz CT molecular complexity index is 546. The molecule has 1 N–H and O–H groups in total. The number of ether oxygens (including phenoxy) is 1. The Morgan fingerprint density at radius 3 is 2.80 bits per heavy atom. The zero-order valence-corrected chi connectivity index (χ0v) is 12.6. The summed E-state index contributed by atoms with van der Waals surface area (Å²) in [5.41, 5.74) is 1.16. The van der Waals surface area contributed by atoms with Crippen LogP contribution in [0, 0.1) is 0 Å². The van der Waals surface area contributed by atoms with Gasteiger partial charge in [0, 0.05) is 29.2 Å². The van der Waals surface area contributed by atoms with Gasteiger partial charge in [0.15, 0.2) is 0 Å². The maximum Gasteiger partial charge on any atom is 0.123 e. The van der Waals surface area contributed by atoms with Gasteiger partial charge < -0.3 is 10.1 Å². The molecule has 1 fully saturated rings. The molecule has 1 aromatic carbocycles. The lowest BCUT2D eigenvalue weighted by atomic mass is 10.2. The van der Waals surface area contributed by atoms with E-state index >= 15 is 0 Å². The summed E-state index contributed by atoms with van der Waals surface area (Å²) in [6.45, 7) is 3.83. The van der Waals surface area contributed by atoms with Gasteiger partial charge >= 0.3 is 0 Å². The average molecular weight is 288 g/mol. The molecule has 0 radical (unpaired) electrons. The molecule has 3 rings (SSSR count). The van der Waals surface area contributed by atoms with Crippen molar-refractivity contribution in [2.75, 3.05) is 6.61 Å². The van der Waals surface area contributed by atoms with Gasteiger partial charge in [0.05, 0.1) is 6.61 Å². The molecule has 3 nitrogen and oxygen atoms in total. The molecule has 0 aliphatic heterocycles. The van der Waals surface area contributed by atoms with Gasteiger partial charge in [-0.2, -0.15) is 0 Å². The number of hydrogen-bond donors (Lipinski definition) is 1. The van der Waals surface area contributed by atoms with Crippen molar-refractivity contribution >= 4 is 11.3 Å². The number of benzene rings is 1. The van der Waals surface area contributed by atoms with E-state index in [1.54, 1.807) is 11.3 Å². The van der Waals surface area contributed by atoms with Gasteiger partial charge in [0.1, 0.15) is 10.8 Å². The third kappa shape index (κ3) is 3.58. The Kier molecular flexibility index (Phi) is 4.33. The predicted molar refractivity (Wildman–Crippen MR) is 83.2 cm³/mol. The summed E-state index contributed by atoms with van der Waals surface area (Å²) >= 11 is 1.77. The molecule has 106 valence electrons. The van der Waals surface area contributed by atoms with Crippen LogP contribution in [-0.4, -0.2) is 17.6 Å². The highest BCUT2D eigenvalue weighted by atomic mass is 32.1. The van der Waals surface area contributed by atoms with Crippen molar-refractivity contribution < 1.29 is 4.74 Å². The molecule has 0 amide bonds. The molecule has 1 aromatic heterocycles. The zero-order valence-electron chi connectivity index (χ0n) is 11.8. The van der Waals surface area contributed by atoms with Gasteiger partial charge in [-0.1, -0.05) is 6.92 Å². The molecule has 20 heavy (non-hydrogen) atoms. The first-order valence-electron chi connectivity index (χ1n) is 7.26. The first kappa shape index (κ1) is 13.6. The van der Waals surface area contributed by atoms with E-state index in [9.17, 15) is 0 Å². The highest BCUT2D eigenvalue weighted by Gasteiger charge is 2.20. The number of nitrogens with zero attached hydrogens (tertiary/aromatic N) is 1. The minimum absolute atomic E-state index is 0.746. The Morgan fingerprint density at radius 2 is 2.10 bits per heavy atom. The average Bonchev–Trinajstić information content (AvgIpc) is 3.20. The molecule has 0 saturated heterocycles. The lowest BCUT2D eigenvalue weighted by Crippen LogP contribution is -2.14. The SMILES string of the molecule is CCCOc1ccc(-c2ncc(CNC3CC3)s2)cc1. The van der Waals surface area contributed by atoms with Crippen LogP contribution >= 0.6 is 11.3 Å². The van der Waals surface area contributed by atoms with Gasteiger partial charge in [-0.3, -0.25) is 0 Å². The van der Waals surface area contributed by atoms with E-state index in [2.05, 4.69) is 29.4 Å². The molecule has 1 heterocycles. The van der Waals surface area contributed by atoms with E-state index in [0.29, 0.717) is 0 Å². The summed E-state index contributed by atoms with van der Waals surface area (Å²) in [5.74, 6) is 0.933. The minimum Gasteiger partial charge on any atom is -0.494 e. The zero-order chi connectivity index (χ0) is 13.8. The maximum atomic E-state index is 5.60. The second kappa shape index (κ2) is 6.37. The first-order chi connectivity index (χ1) is 9.85. The summed E-state index contributed by atoms with van der Waals surface area (Å²) in [4.78, 5) is 5.82. The van der Waals surface area contributed by atoms with Crippen LogP contribution in [0.1, 0.15) is 31.1 Å². The molecule has 1 saturated carbocycles. The van der Waals surface area contributed by atoms with Crippen LogP contribution in [0.15, 0.2) is 30.5 Å². The monoisotopic (exact) mass is 288 g/mol. The summed E-state index contributed by atoms with van der Waals surface area (Å²) in [6.07, 6.45) is 5.66. The summed E-state index contributed by atoms with van der Waals surface area (Å²) in [7, 11) is 0. The van der Waals surface area contributed by atoms with Crippen LogP contribution in [0.5, 0.6) is 5.75 Å². The van der Waals surface area contributed by atoms with Crippen molar-refractivity contribution in [1.82, 2.24) is 10.3 Å². The van der Waals surface area contributed by atoms with Crippen LogP contribution in [-0.2, 0) is 6.54 Å². The molecule has 2 aromatic rings. The van der Waals surface area contributed by atoms with Crippen LogP contribution in [0.3, 0.4) is 0 Å². The largest absolute Gasteiger partial charge is 0.494 e. The van der Waals surface area contributed by atoms with Gasteiger partial charge in [0.2, 0.25) is 0 Å². The topological polar surface area (TPSA) is 34.1 Å². The molecule has 1 aliphatic carbocycles. The van der Waals surface area contributed by atoms with Gasteiger partial charge in [-0.15, -0.1) is 11.3 Å². The minimum atomic E-state index is 0.746. The van der Waals surface area contributed by atoms with Crippen molar-refractivity contribution in [1.29, 1.82) is 0 Å². The normalized spacial score (nSPS) is 14.4. The van der Waals surface area contributed by atoms with E-state index in [-0.39, 0.29) is 0 Å². The smallest absolute Gasteiger partial charge is 0.123 e. The van der Waals surface area contributed by atoms with Crippen molar-refractivity contribution in [3.8, 4) is 16.3 Å². The molecular weight excluding hydrogens is 268 g/mol. The second-order valence-corrected chi connectivity index (χ2v) is 6.27. The lowest BCUT2D eigenvalue weighted by molar-refractivity contribution is 0.317. The Balaban J connectivity index is 1.62. The standard InChI is InChI=1S/C16H20N2OS/c1-2-9-19-14-7-3-12(4-8-14)16-18-11-15(20-16)10-17-13-5-6-13/h3-4,7-8,11,13,17H,2,5-6,9-10H2,1H3. The van der Waals surface area contributed by atoms with Crippen molar-refractivity contribution in [3.63, 3.8) is 0 Å². The van der Waals surface area contributed by atoms with E-state index in [0.717, 1.165) is 41.9 Å². The number of hydrogen-bond acceptors (Lipinski definition) is 4. The molecule has 0 bridgehead atoms. The van der Waals surface area contributed by atoms with Crippen LogP contribution in [0.25, 0.3) is 10.6 Å². The van der Waals surface area contributed by atoms with E-state index in [1.165, 1.54) is 17.7 Å². The van der Waals surface area contributed by atoms with E-state index in [1.807, 2.05) is 18.3 Å². The first-order valence-corrected chi connectivity index (χ1v) is 8.08. The summed E-state index contributed by atoms with van der Waals surface area (Å²) < 4.78 is 5.60. The quantitative estimate of drug-likeness (QED) is 0.840. The Labute approximate surface area is 124 Å². The molecule has 0 unspecified atom stereocenters. The van der Waals surface area contributed by atoms with Gasteiger partial charge in [-0.05, 0) is 43.5 Å². The molecular formula is C16H20N2OS. The number of nitrogens with one attached hydrogen (secondary N) is 1. The molecule has 0 atom stereocenters. The summed E-state index contributed by atoms with van der Waals surface area (Å²) in [6, 6.07) is 8.96. The Hall–Kier alpha value is -1.39. The fourth-order valence-corrected chi connectivity index (χ4v) is 2.84. The van der Waals surface area contributed by atoms with E-state index < -0.39 is 0 Å². The Morgan fingerprint density at radius 1 is 1.30 bits per heavy atom. The van der Waals surface area contributed by atoms with Crippen molar-refractivity contribution in [2.45, 2.75) is 38.8 Å².